The molecule has 4 heteroatoms. The maximum atomic E-state index is 12.0. The lowest BCUT2D eigenvalue weighted by atomic mass is 9.81. The van der Waals surface area contributed by atoms with Crippen molar-refractivity contribution in [2.45, 2.75) is 116 Å². The Labute approximate surface area is 220 Å². The maximum absolute atomic E-state index is 12.0. The quantitative estimate of drug-likeness (QED) is 0.173. The molecule has 0 saturated heterocycles. The summed E-state index contributed by atoms with van der Waals surface area (Å²) < 4.78 is 5.75. The summed E-state index contributed by atoms with van der Waals surface area (Å²) >= 11 is 2.01. The molecular weight excluding hydrogens is 464 g/mol. The summed E-state index contributed by atoms with van der Waals surface area (Å²) in [5, 5.41) is 2.96. The molecule has 0 radical (unpaired) electrons. The van der Waals surface area contributed by atoms with Crippen molar-refractivity contribution in [3.8, 4) is 5.75 Å². The first kappa shape index (κ1) is 29.7. The van der Waals surface area contributed by atoms with Gasteiger partial charge in [-0.05, 0) is 44.0 Å². The maximum Gasteiger partial charge on any atom is 0.308 e. The summed E-state index contributed by atoms with van der Waals surface area (Å²) in [4.78, 5) is 13.3. The van der Waals surface area contributed by atoms with Gasteiger partial charge in [0, 0.05) is 17.4 Å². The molecule has 0 unspecified atom stereocenters. The van der Waals surface area contributed by atoms with Gasteiger partial charge in [-0.1, -0.05) is 119 Å². The molecule has 0 N–H and O–H groups in total. The van der Waals surface area contributed by atoms with E-state index in [1.54, 1.807) is 0 Å². The van der Waals surface area contributed by atoms with Crippen LogP contribution in [0, 0.1) is 0 Å². The van der Waals surface area contributed by atoms with Crippen LogP contribution in [-0.4, -0.2) is 19.4 Å². The number of esters is 1. The zero-order chi connectivity index (χ0) is 27.0. The molecule has 0 atom stereocenters. The second-order valence-corrected chi connectivity index (χ2v) is 21.3. The molecule has 2 aromatic rings. The van der Waals surface area contributed by atoms with Gasteiger partial charge in [0.2, 0.25) is 0 Å². The second kappa shape index (κ2) is 10.1. The van der Waals surface area contributed by atoms with Crippen molar-refractivity contribution >= 4 is 31.0 Å². The first-order chi connectivity index (χ1) is 15.7. The summed E-state index contributed by atoms with van der Waals surface area (Å²) in [6.07, 6.45) is 0. The minimum atomic E-state index is -2.07. The Morgan fingerprint density at radius 2 is 1.26 bits per heavy atom. The number of hydrogen-bond donors (Lipinski definition) is 0. The molecule has 0 aliphatic carbocycles. The number of thioether (sulfide) groups is 1. The molecule has 0 aliphatic heterocycles. The Morgan fingerprint density at radius 3 is 1.66 bits per heavy atom. The third kappa shape index (κ3) is 6.43. The Bertz CT molecular complexity index is 1020. The van der Waals surface area contributed by atoms with Crippen LogP contribution in [0.4, 0.5) is 0 Å². The van der Waals surface area contributed by atoms with Gasteiger partial charge >= 0.3 is 5.97 Å². The predicted octanol–water partition coefficient (Wildman–Crippen LogP) is 8.79. The van der Waals surface area contributed by atoms with Gasteiger partial charge in [-0.15, -0.1) is 11.8 Å². The highest BCUT2D eigenvalue weighted by Gasteiger charge is 2.54. The minimum absolute atomic E-state index is 0.0753. The standard InChI is InChI=1S/C31H48O2SSi/c1-22(32)33-26-19-25(29(5,6)7)27(20-24(26)28(2,3)4)34-21-35(30(8,9)10,31(11,12)13)23-17-15-14-16-18-23/h14-20H,21H2,1-13H3. The van der Waals surface area contributed by atoms with Crippen molar-refractivity contribution in [3.05, 3.63) is 53.6 Å². The highest BCUT2D eigenvalue weighted by molar-refractivity contribution is 8.01. The monoisotopic (exact) mass is 512 g/mol. The van der Waals surface area contributed by atoms with Crippen molar-refractivity contribution in [1.82, 2.24) is 0 Å². The highest BCUT2D eigenvalue weighted by Crippen LogP contribution is 2.53. The number of carbonyl (C=O) groups excluding carboxylic acids is 1. The molecule has 35 heavy (non-hydrogen) atoms. The largest absolute Gasteiger partial charge is 0.426 e. The van der Waals surface area contributed by atoms with Gasteiger partial charge in [-0.25, -0.2) is 0 Å². The van der Waals surface area contributed by atoms with E-state index in [0.717, 1.165) is 10.9 Å². The Balaban J connectivity index is 2.76. The first-order valence-electron chi connectivity index (χ1n) is 12.8. The van der Waals surface area contributed by atoms with Crippen molar-refractivity contribution in [3.63, 3.8) is 0 Å². The molecule has 0 aromatic heterocycles. The fraction of sp³-hybridized carbons (Fsp3) is 0.581. The molecule has 0 aliphatic rings. The third-order valence-electron chi connectivity index (χ3n) is 7.22. The number of rotatable bonds is 5. The highest BCUT2D eigenvalue weighted by atomic mass is 32.2. The molecule has 2 nitrogen and oxygen atoms in total. The molecule has 2 aromatic carbocycles. The average molecular weight is 513 g/mol. The fourth-order valence-corrected chi connectivity index (χ4v) is 16.6. The summed E-state index contributed by atoms with van der Waals surface area (Å²) in [5.41, 5.74) is 2.11. The lowest BCUT2D eigenvalue weighted by Gasteiger charge is -2.52. The van der Waals surface area contributed by atoms with Crippen molar-refractivity contribution in [1.29, 1.82) is 0 Å². The van der Waals surface area contributed by atoms with Crippen LogP contribution in [0.3, 0.4) is 0 Å². The van der Waals surface area contributed by atoms with Crippen LogP contribution in [0.5, 0.6) is 5.75 Å². The number of carbonyl (C=O) groups is 1. The van der Waals surface area contributed by atoms with Gasteiger partial charge in [0.25, 0.3) is 0 Å². The van der Waals surface area contributed by atoms with Crippen LogP contribution in [0.15, 0.2) is 47.4 Å². The lowest BCUT2D eigenvalue weighted by molar-refractivity contribution is -0.131. The van der Waals surface area contributed by atoms with E-state index in [4.69, 9.17) is 4.74 Å². The van der Waals surface area contributed by atoms with Crippen LogP contribution < -0.4 is 9.92 Å². The molecule has 0 bridgehead atoms. The average Bonchev–Trinajstić information content (AvgIpc) is 2.65. The smallest absolute Gasteiger partial charge is 0.308 e. The molecular formula is C31H48O2SSi. The van der Waals surface area contributed by atoms with Gasteiger partial charge in [0.05, 0.1) is 0 Å². The normalized spacial score (nSPS) is 13.6. The van der Waals surface area contributed by atoms with Crippen LogP contribution in [-0.2, 0) is 15.6 Å². The molecule has 194 valence electrons. The molecule has 0 saturated carbocycles. The molecule has 0 spiro atoms. The van der Waals surface area contributed by atoms with E-state index in [0.29, 0.717) is 5.75 Å². The van der Waals surface area contributed by atoms with E-state index in [9.17, 15) is 4.79 Å². The van der Waals surface area contributed by atoms with Gasteiger partial charge < -0.3 is 4.74 Å². The molecule has 2 rings (SSSR count). The van der Waals surface area contributed by atoms with E-state index >= 15 is 0 Å². The summed E-state index contributed by atoms with van der Waals surface area (Å²) in [7, 11) is -2.07. The summed E-state index contributed by atoms with van der Waals surface area (Å²) in [6.45, 7) is 29.4. The molecule has 0 heterocycles. The first-order valence-corrected chi connectivity index (χ1v) is 16.0. The van der Waals surface area contributed by atoms with Crippen molar-refractivity contribution in [2.75, 3.05) is 5.38 Å². The Kier molecular flexibility index (Phi) is 8.56. The number of benzene rings is 2. The zero-order valence-electron chi connectivity index (χ0n) is 24.5. The van der Waals surface area contributed by atoms with E-state index in [1.165, 1.54) is 22.6 Å². The summed E-state index contributed by atoms with van der Waals surface area (Å²) in [6, 6.07) is 15.7. The van der Waals surface area contributed by atoms with Crippen LogP contribution in [0.2, 0.25) is 10.1 Å². The topological polar surface area (TPSA) is 26.3 Å². The fourth-order valence-electron chi connectivity index (χ4n) is 5.51. The van der Waals surface area contributed by atoms with Crippen LogP contribution in [0.1, 0.15) is 101 Å². The zero-order valence-corrected chi connectivity index (χ0v) is 26.3. The van der Waals surface area contributed by atoms with Crippen molar-refractivity contribution < 1.29 is 9.53 Å². The SMILES string of the molecule is CC(=O)Oc1cc(C(C)(C)C)c(SC[Si](c2ccccc2)(C(C)(C)C)C(C)(C)C)cc1C(C)(C)C. The summed E-state index contributed by atoms with van der Waals surface area (Å²) in [5.74, 6) is 0.421. The molecule has 0 fully saturated rings. The van der Waals surface area contributed by atoms with Gasteiger partial charge in [-0.3, -0.25) is 4.79 Å². The van der Waals surface area contributed by atoms with E-state index < -0.39 is 8.07 Å². The third-order valence-corrected chi connectivity index (χ3v) is 16.6. The molecule has 0 amide bonds. The number of hydrogen-bond acceptors (Lipinski definition) is 3. The Morgan fingerprint density at radius 1 is 0.771 bits per heavy atom. The van der Waals surface area contributed by atoms with Crippen LogP contribution >= 0.6 is 11.8 Å². The van der Waals surface area contributed by atoms with Crippen LogP contribution in [0.25, 0.3) is 0 Å². The number of ether oxygens (including phenoxy) is 1. The van der Waals surface area contributed by atoms with Gasteiger partial charge in [-0.2, -0.15) is 0 Å². The predicted molar refractivity (Wildman–Crippen MR) is 157 cm³/mol. The van der Waals surface area contributed by atoms with Crippen molar-refractivity contribution in [2.24, 2.45) is 0 Å². The van der Waals surface area contributed by atoms with Gasteiger partial charge in [0.1, 0.15) is 13.8 Å². The van der Waals surface area contributed by atoms with Gasteiger partial charge in [0.15, 0.2) is 0 Å². The van der Waals surface area contributed by atoms with E-state index in [2.05, 4.69) is 126 Å². The van der Waals surface area contributed by atoms with E-state index in [-0.39, 0.29) is 26.9 Å². The Hall–Kier alpha value is -1.52. The second-order valence-electron chi connectivity index (χ2n) is 14.0. The minimum Gasteiger partial charge on any atom is -0.426 e. The van der Waals surface area contributed by atoms with E-state index in [1.807, 2.05) is 11.8 Å². The lowest BCUT2D eigenvalue weighted by Crippen LogP contribution is -2.63.